The third-order valence-electron chi connectivity index (χ3n) is 6.24. The minimum Gasteiger partial charge on any atom is -0.497 e. The number of piperidine rings is 1. The largest absolute Gasteiger partial charge is 0.497 e. The van der Waals surface area contributed by atoms with Crippen LogP contribution in [0, 0.1) is 5.41 Å². The molecule has 1 fully saturated rings. The summed E-state index contributed by atoms with van der Waals surface area (Å²) in [5, 5.41) is 4.68. The van der Waals surface area contributed by atoms with Crippen molar-refractivity contribution in [1.29, 1.82) is 0 Å². The van der Waals surface area contributed by atoms with E-state index in [1.54, 1.807) is 16.7 Å². The summed E-state index contributed by atoms with van der Waals surface area (Å²) in [5.74, 6) is 0.441. The number of nitrogens with zero attached hydrogens (tertiary/aromatic N) is 3. The molecule has 7 heteroatoms. The summed E-state index contributed by atoms with van der Waals surface area (Å²) in [5.41, 5.74) is 2.45. The van der Waals surface area contributed by atoms with Gasteiger partial charge in [-0.25, -0.2) is 4.68 Å². The third kappa shape index (κ3) is 4.62. The van der Waals surface area contributed by atoms with E-state index < -0.39 is 5.41 Å². The summed E-state index contributed by atoms with van der Waals surface area (Å²) >= 11 is 0. The van der Waals surface area contributed by atoms with Gasteiger partial charge < -0.3 is 14.4 Å². The Kier molecular flexibility index (Phi) is 6.49. The van der Waals surface area contributed by atoms with Gasteiger partial charge in [0.2, 0.25) is 0 Å². The molecule has 0 radical (unpaired) electrons. The van der Waals surface area contributed by atoms with E-state index in [4.69, 9.17) is 9.47 Å². The lowest BCUT2D eigenvalue weighted by atomic mass is 9.80. The summed E-state index contributed by atoms with van der Waals surface area (Å²) < 4.78 is 12.3. The molecule has 33 heavy (non-hydrogen) atoms. The number of rotatable bonds is 6. The first-order valence-corrected chi connectivity index (χ1v) is 11.2. The molecule has 1 amide bonds. The molecular weight excluding hydrogens is 418 g/mol. The molecule has 1 aliphatic rings. The second-order valence-electron chi connectivity index (χ2n) is 8.46. The van der Waals surface area contributed by atoms with E-state index in [1.165, 1.54) is 0 Å². The quantitative estimate of drug-likeness (QED) is 0.525. The molecule has 2 aromatic carbocycles. The highest BCUT2D eigenvalue weighted by Crippen LogP contribution is 2.33. The Hall–Kier alpha value is -3.61. The molecule has 0 bridgehead atoms. The lowest BCUT2D eigenvalue weighted by Gasteiger charge is -2.37. The van der Waals surface area contributed by atoms with Crippen molar-refractivity contribution >= 4 is 11.9 Å². The second-order valence-corrected chi connectivity index (χ2v) is 8.46. The number of ether oxygens (including phenoxy) is 2. The smallest absolute Gasteiger partial charge is 0.311 e. The molecular formula is C26H29N3O4. The molecule has 0 saturated carbocycles. The number of esters is 1. The monoisotopic (exact) mass is 447 g/mol. The number of carbonyl (C=O) groups excluding carboxylic acids is 2. The number of amides is 1. The van der Waals surface area contributed by atoms with Gasteiger partial charge in [0.1, 0.15) is 5.75 Å². The van der Waals surface area contributed by atoms with Gasteiger partial charge in [-0.3, -0.25) is 9.59 Å². The molecule has 1 saturated heterocycles. The number of aromatic nitrogens is 2. The number of hydrogen-bond donors (Lipinski definition) is 0. The Morgan fingerprint density at radius 1 is 1.03 bits per heavy atom. The van der Waals surface area contributed by atoms with E-state index in [2.05, 4.69) is 5.10 Å². The third-order valence-corrected chi connectivity index (χ3v) is 6.24. The van der Waals surface area contributed by atoms with Crippen LogP contribution in [-0.4, -0.2) is 53.4 Å². The van der Waals surface area contributed by atoms with Crippen molar-refractivity contribution in [3.63, 3.8) is 0 Å². The van der Waals surface area contributed by atoms with Crippen LogP contribution in [0.2, 0.25) is 0 Å². The van der Waals surface area contributed by atoms with Crippen LogP contribution >= 0.6 is 0 Å². The molecule has 0 atom stereocenters. The number of likely N-dealkylation sites (tertiary alicyclic amines) is 1. The zero-order chi connectivity index (χ0) is 23.4. The molecule has 0 N–H and O–H groups in total. The van der Waals surface area contributed by atoms with Crippen molar-refractivity contribution in [3.05, 3.63) is 66.4 Å². The molecule has 1 aromatic heterocycles. The predicted octanol–water partition coefficient (Wildman–Crippen LogP) is 4.35. The van der Waals surface area contributed by atoms with Gasteiger partial charge in [-0.15, -0.1) is 0 Å². The number of hydrogen-bond acceptors (Lipinski definition) is 5. The van der Waals surface area contributed by atoms with Gasteiger partial charge in [0.25, 0.3) is 5.91 Å². The van der Waals surface area contributed by atoms with E-state index in [0.717, 1.165) is 22.7 Å². The lowest BCUT2D eigenvalue weighted by Crippen LogP contribution is -2.45. The Morgan fingerprint density at radius 2 is 1.70 bits per heavy atom. The van der Waals surface area contributed by atoms with Gasteiger partial charge in [-0.1, -0.05) is 18.2 Å². The fourth-order valence-electron chi connectivity index (χ4n) is 4.09. The Morgan fingerprint density at radius 3 is 2.30 bits per heavy atom. The van der Waals surface area contributed by atoms with Gasteiger partial charge in [0.05, 0.1) is 30.5 Å². The zero-order valence-electron chi connectivity index (χ0n) is 19.3. The number of carbonyl (C=O) groups is 2. The molecule has 1 aliphatic heterocycles. The van der Waals surface area contributed by atoms with Crippen LogP contribution in [0.5, 0.6) is 5.75 Å². The maximum atomic E-state index is 13.3. The van der Waals surface area contributed by atoms with E-state index >= 15 is 0 Å². The Bertz CT molecular complexity index is 1110. The molecule has 4 rings (SSSR count). The summed E-state index contributed by atoms with van der Waals surface area (Å²) in [6.07, 6.45) is 1.14. The van der Waals surface area contributed by atoms with Crippen LogP contribution in [0.1, 0.15) is 37.2 Å². The molecule has 0 spiro atoms. The molecule has 172 valence electrons. The fraction of sp³-hybridized carbons (Fsp3) is 0.346. The highest BCUT2D eigenvalue weighted by atomic mass is 16.5. The van der Waals surface area contributed by atoms with Crippen molar-refractivity contribution in [2.45, 2.75) is 26.7 Å². The average Bonchev–Trinajstić information content (AvgIpc) is 3.30. The van der Waals surface area contributed by atoms with Crippen molar-refractivity contribution in [2.24, 2.45) is 5.41 Å². The second kappa shape index (κ2) is 9.48. The molecule has 7 nitrogen and oxygen atoms in total. The molecule has 0 unspecified atom stereocenters. The first-order chi connectivity index (χ1) is 15.9. The van der Waals surface area contributed by atoms with Crippen LogP contribution < -0.4 is 4.74 Å². The maximum absolute atomic E-state index is 13.3. The minimum atomic E-state index is -0.551. The Balaban J connectivity index is 1.61. The van der Waals surface area contributed by atoms with E-state index in [9.17, 15) is 9.59 Å². The van der Waals surface area contributed by atoms with Crippen molar-refractivity contribution in [1.82, 2.24) is 14.7 Å². The number of benzene rings is 2. The van der Waals surface area contributed by atoms with Crippen LogP contribution in [0.4, 0.5) is 0 Å². The van der Waals surface area contributed by atoms with Crippen LogP contribution in [0.25, 0.3) is 16.9 Å². The van der Waals surface area contributed by atoms with E-state index in [-0.39, 0.29) is 11.9 Å². The number of para-hydroxylation sites is 1. The normalized spacial score (nSPS) is 15.2. The van der Waals surface area contributed by atoms with Gasteiger partial charge >= 0.3 is 5.97 Å². The standard InChI is InChI=1S/C26H29N3O4/c1-4-33-25(31)26(2)14-16-28(17-15-26)24(30)22-18-23(19-10-12-21(32-3)13-11-19)29(27-22)20-8-6-5-7-9-20/h5-13,18H,4,14-17H2,1-3H3. The minimum absolute atomic E-state index is 0.134. The first-order valence-electron chi connectivity index (χ1n) is 11.2. The molecule has 3 aromatic rings. The highest BCUT2D eigenvalue weighted by Gasteiger charge is 2.39. The first kappa shape index (κ1) is 22.6. The highest BCUT2D eigenvalue weighted by molar-refractivity contribution is 5.94. The summed E-state index contributed by atoms with van der Waals surface area (Å²) in [7, 11) is 1.63. The fourth-order valence-corrected chi connectivity index (χ4v) is 4.09. The lowest BCUT2D eigenvalue weighted by molar-refractivity contribution is -0.156. The Labute approximate surface area is 193 Å². The van der Waals surface area contributed by atoms with Gasteiger partial charge in [-0.2, -0.15) is 5.10 Å². The SMILES string of the molecule is CCOC(=O)C1(C)CCN(C(=O)c2cc(-c3ccc(OC)cc3)n(-c3ccccc3)n2)CC1. The maximum Gasteiger partial charge on any atom is 0.311 e. The summed E-state index contributed by atoms with van der Waals surface area (Å²) in [6, 6.07) is 19.3. The van der Waals surface area contributed by atoms with Gasteiger partial charge in [-0.05, 0) is 69.2 Å². The van der Waals surface area contributed by atoms with Crippen LogP contribution in [0.3, 0.4) is 0 Å². The zero-order valence-corrected chi connectivity index (χ0v) is 19.3. The summed E-state index contributed by atoms with van der Waals surface area (Å²) in [6.45, 7) is 5.07. The van der Waals surface area contributed by atoms with Crippen LogP contribution in [-0.2, 0) is 9.53 Å². The van der Waals surface area contributed by atoms with E-state index in [0.29, 0.717) is 38.2 Å². The molecule has 2 heterocycles. The van der Waals surface area contributed by atoms with Crippen LogP contribution in [0.15, 0.2) is 60.7 Å². The molecule has 0 aliphatic carbocycles. The van der Waals surface area contributed by atoms with Crippen molar-refractivity contribution in [3.8, 4) is 22.7 Å². The van der Waals surface area contributed by atoms with Gasteiger partial charge in [0, 0.05) is 18.7 Å². The topological polar surface area (TPSA) is 73.7 Å². The number of methoxy groups -OCH3 is 1. The van der Waals surface area contributed by atoms with E-state index in [1.807, 2.05) is 74.5 Å². The van der Waals surface area contributed by atoms with Crippen molar-refractivity contribution in [2.75, 3.05) is 26.8 Å². The average molecular weight is 448 g/mol. The summed E-state index contributed by atoms with van der Waals surface area (Å²) in [4.78, 5) is 27.4. The predicted molar refractivity (Wildman–Crippen MR) is 125 cm³/mol. The van der Waals surface area contributed by atoms with Gasteiger partial charge in [0.15, 0.2) is 5.69 Å². The van der Waals surface area contributed by atoms with Crippen molar-refractivity contribution < 1.29 is 19.1 Å².